The van der Waals surface area contributed by atoms with Crippen LogP contribution in [0, 0.1) is 19.8 Å². The summed E-state index contributed by atoms with van der Waals surface area (Å²) in [7, 11) is 0. The van der Waals surface area contributed by atoms with Crippen LogP contribution in [0.3, 0.4) is 0 Å². The predicted molar refractivity (Wildman–Crippen MR) is 158 cm³/mol. The van der Waals surface area contributed by atoms with Crippen molar-refractivity contribution in [2.75, 3.05) is 10.2 Å². The summed E-state index contributed by atoms with van der Waals surface area (Å²) in [5, 5.41) is 7.90. The Hall–Kier alpha value is -3.68. The molecule has 0 radical (unpaired) electrons. The van der Waals surface area contributed by atoms with E-state index in [1.807, 2.05) is 76.2 Å². The number of nitrogens with zero attached hydrogens (tertiary/aromatic N) is 3. The zero-order chi connectivity index (χ0) is 27.0. The Morgan fingerprint density at radius 3 is 2.47 bits per heavy atom. The zero-order valence-corrected chi connectivity index (χ0v) is 23.3. The molecule has 8 heteroatoms. The Bertz CT molecular complexity index is 1500. The van der Waals surface area contributed by atoms with E-state index in [1.165, 1.54) is 0 Å². The Morgan fingerprint density at radius 1 is 1.03 bits per heavy atom. The minimum Gasteiger partial charge on any atom is -0.351 e. The molecule has 2 atom stereocenters. The van der Waals surface area contributed by atoms with Crippen LogP contribution in [0.15, 0.2) is 79.1 Å². The summed E-state index contributed by atoms with van der Waals surface area (Å²) in [6.07, 6.45) is 3.86. The van der Waals surface area contributed by atoms with Crippen molar-refractivity contribution in [2.24, 2.45) is 5.92 Å². The summed E-state index contributed by atoms with van der Waals surface area (Å²) in [5.74, 6) is -0.111. The average Bonchev–Trinajstić information content (AvgIpc) is 3.51. The number of nitrogens with one attached hydrogen (secondary N) is 2. The third-order valence-corrected chi connectivity index (χ3v) is 7.61. The van der Waals surface area contributed by atoms with Gasteiger partial charge in [0, 0.05) is 46.1 Å². The predicted octanol–water partition coefficient (Wildman–Crippen LogP) is 6.91. The summed E-state index contributed by atoms with van der Waals surface area (Å²) < 4.78 is 2.18. The number of rotatable bonds is 6. The van der Waals surface area contributed by atoms with Crippen LogP contribution in [0.1, 0.15) is 48.4 Å². The number of aryl methyl sites for hydroxylation is 2. The van der Waals surface area contributed by atoms with E-state index in [1.54, 1.807) is 6.20 Å². The second-order valence-electron chi connectivity index (χ2n) is 9.88. The molecule has 6 nitrogen and oxygen atoms in total. The minimum absolute atomic E-state index is 0.0108. The fraction of sp³-hybridized carbons (Fsp3) is 0.233. The van der Waals surface area contributed by atoms with Gasteiger partial charge >= 0.3 is 0 Å². The molecule has 2 aromatic heterocycles. The molecule has 1 aliphatic heterocycles. The van der Waals surface area contributed by atoms with Gasteiger partial charge in [-0.25, -0.2) is 0 Å². The van der Waals surface area contributed by atoms with Gasteiger partial charge in [0.1, 0.15) is 6.04 Å². The normalized spacial score (nSPS) is 17.1. The molecule has 2 aromatic carbocycles. The number of carbonyl (C=O) groups is 1. The molecular weight excluding hydrogens is 514 g/mol. The van der Waals surface area contributed by atoms with Gasteiger partial charge in [-0.05, 0) is 97.9 Å². The molecule has 2 N–H and O–H groups in total. The number of hydrogen-bond acceptors (Lipinski definition) is 3. The largest absolute Gasteiger partial charge is 0.351 e. The minimum atomic E-state index is -0.182. The molecule has 0 unspecified atom stereocenters. The highest BCUT2D eigenvalue weighted by atomic mass is 35.5. The number of aromatic nitrogens is 2. The Balaban J connectivity index is 1.61. The lowest BCUT2D eigenvalue weighted by Crippen LogP contribution is -2.30. The Labute approximate surface area is 233 Å². The first-order valence-electron chi connectivity index (χ1n) is 12.6. The van der Waals surface area contributed by atoms with Gasteiger partial charge in [-0.15, -0.1) is 0 Å². The number of amides is 1. The quantitative estimate of drug-likeness (QED) is 0.259. The fourth-order valence-electron chi connectivity index (χ4n) is 4.80. The topological polar surface area (TPSA) is 62.2 Å². The maximum atomic E-state index is 12.3. The third-order valence-electron chi connectivity index (χ3n) is 6.87. The van der Waals surface area contributed by atoms with Crippen LogP contribution in [0.2, 0.25) is 5.02 Å². The van der Waals surface area contributed by atoms with Crippen molar-refractivity contribution in [1.29, 1.82) is 0 Å². The molecule has 5 rings (SSSR count). The van der Waals surface area contributed by atoms with Crippen LogP contribution in [0.4, 0.5) is 11.4 Å². The molecule has 194 valence electrons. The van der Waals surface area contributed by atoms with Gasteiger partial charge in [0.25, 0.3) is 0 Å². The number of pyridine rings is 1. The van der Waals surface area contributed by atoms with E-state index in [4.69, 9.17) is 23.8 Å². The van der Waals surface area contributed by atoms with Crippen molar-refractivity contribution in [3.05, 3.63) is 107 Å². The first-order chi connectivity index (χ1) is 18.2. The van der Waals surface area contributed by atoms with Gasteiger partial charge in [-0.1, -0.05) is 31.5 Å². The third kappa shape index (κ3) is 4.91. The summed E-state index contributed by atoms with van der Waals surface area (Å²) in [4.78, 5) is 19.1. The van der Waals surface area contributed by atoms with Crippen LogP contribution in [0.25, 0.3) is 5.69 Å². The van der Waals surface area contributed by atoms with Crippen molar-refractivity contribution in [3.63, 3.8) is 0 Å². The van der Waals surface area contributed by atoms with Crippen LogP contribution in [0.5, 0.6) is 0 Å². The van der Waals surface area contributed by atoms with Crippen LogP contribution in [-0.2, 0) is 4.79 Å². The maximum absolute atomic E-state index is 12.3. The number of benzene rings is 2. The Kier molecular flexibility index (Phi) is 7.23. The van der Waals surface area contributed by atoms with Gasteiger partial charge in [0.15, 0.2) is 5.11 Å². The van der Waals surface area contributed by atoms with Crippen molar-refractivity contribution >= 4 is 46.2 Å². The summed E-state index contributed by atoms with van der Waals surface area (Å²) in [5.41, 5.74) is 6.69. The number of carbonyl (C=O) groups excluding carboxylic acids is 1. The lowest BCUT2D eigenvalue weighted by Gasteiger charge is -2.29. The highest BCUT2D eigenvalue weighted by Gasteiger charge is 2.42. The monoisotopic (exact) mass is 543 g/mol. The number of hydrogen-bond donors (Lipinski definition) is 2. The first-order valence-corrected chi connectivity index (χ1v) is 13.4. The van der Waals surface area contributed by atoms with Crippen molar-refractivity contribution < 1.29 is 4.79 Å². The lowest BCUT2D eigenvalue weighted by molar-refractivity contribution is -0.118. The molecule has 0 spiro atoms. The summed E-state index contributed by atoms with van der Waals surface area (Å²) in [6.45, 7) is 7.77. The van der Waals surface area contributed by atoms with Gasteiger partial charge in [0.05, 0.1) is 11.7 Å². The van der Waals surface area contributed by atoms with E-state index < -0.39 is 0 Å². The SMILES string of the molecule is Cc1cc(-n2cccc2[C@H]2[C@@H](c3ccccn3)NC(=S)N2c2ccc(NC(=O)C(C)C)c(C)c2)ccc1Cl. The lowest BCUT2D eigenvalue weighted by atomic mass is 10.00. The van der Waals surface area contributed by atoms with E-state index >= 15 is 0 Å². The van der Waals surface area contributed by atoms with E-state index in [0.717, 1.165) is 44.6 Å². The average molecular weight is 544 g/mol. The van der Waals surface area contributed by atoms with Gasteiger partial charge in [-0.3, -0.25) is 9.78 Å². The maximum Gasteiger partial charge on any atom is 0.226 e. The molecule has 1 saturated heterocycles. The van der Waals surface area contributed by atoms with E-state index in [2.05, 4.69) is 49.5 Å². The van der Waals surface area contributed by atoms with Gasteiger partial charge in [-0.2, -0.15) is 0 Å². The van der Waals surface area contributed by atoms with Crippen LogP contribution >= 0.6 is 23.8 Å². The smallest absolute Gasteiger partial charge is 0.226 e. The molecule has 0 bridgehead atoms. The molecule has 3 heterocycles. The fourth-order valence-corrected chi connectivity index (χ4v) is 5.26. The molecule has 1 aliphatic rings. The number of anilines is 2. The van der Waals surface area contributed by atoms with E-state index in [9.17, 15) is 4.79 Å². The molecule has 4 aromatic rings. The number of thiocarbonyl (C=S) groups is 1. The van der Waals surface area contributed by atoms with Crippen molar-refractivity contribution in [1.82, 2.24) is 14.9 Å². The van der Waals surface area contributed by atoms with Crippen molar-refractivity contribution in [3.8, 4) is 5.69 Å². The molecule has 38 heavy (non-hydrogen) atoms. The molecule has 0 saturated carbocycles. The summed E-state index contributed by atoms with van der Waals surface area (Å²) in [6, 6.07) is 21.8. The standard InChI is InChI=1S/C30H30ClN5OS/c1-18(2)29(37)33-24-13-11-22(17-20(24)4)36-28(27(34-30(36)38)25-8-5-6-14-32-25)26-9-7-15-35(26)21-10-12-23(31)19(3)16-21/h5-18,27-28H,1-4H3,(H,33,37)(H,34,38)/t27-,28+/m1/s1. The van der Waals surface area contributed by atoms with Gasteiger partial charge < -0.3 is 20.1 Å². The second-order valence-corrected chi connectivity index (χ2v) is 10.7. The molecule has 0 aliphatic carbocycles. The van der Waals surface area contributed by atoms with E-state index in [-0.39, 0.29) is 23.9 Å². The summed E-state index contributed by atoms with van der Waals surface area (Å²) >= 11 is 12.3. The molecular formula is C30H30ClN5OS. The Morgan fingerprint density at radius 2 is 1.79 bits per heavy atom. The molecule has 1 fully saturated rings. The molecule has 1 amide bonds. The van der Waals surface area contributed by atoms with Crippen molar-refractivity contribution in [2.45, 2.75) is 39.8 Å². The first kappa shape index (κ1) is 25.9. The van der Waals surface area contributed by atoms with E-state index in [0.29, 0.717) is 5.11 Å². The highest BCUT2D eigenvalue weighted by Crippen LogP contribution is 2.43. The highest BCUT2D eigenvalue weighted by molar-refractivity contribution is 7.80. The number of halogens is 1. The van der Waals surface area contributed by atoms with Crippen LogP contribution < -0.4 is 15.5 Å². The second kappa shape index (κ2) is 10.6. The van der Waals surface area contributed by atoms with Crippen LogP contribution in [-0.4, -0.2) is 20.6 Å². The van der Waals surface area contributed by atoms with Gasteiger partial charge in [0.2, 0.25) is 5.91 Å². The zero-order valence-electron chi connectivity index (χ0n) is 21.8.